The van der Waals surface area contributed by atoms with Crippen LogP contribution in [0.25, 0.3) is 0 Å². The molecule has 14 nitrogen and oxygen atoms in total. The summed E-state index contributed by atoms with van der Waals surface area (Å²) in [5, 5.41) is 7.14. The van der Waals surface area contributed by atoms with Crippen LogP contribution in [0.2, 0.25) is 0 Å². The summed E-state index contributed by atoms with van der Waals surface area (Å²) in [5.41, 5.74) is 5.13. The van der Waals surface area contributed by atoms with Gasteiger partial charge in [0, 0.05) is 5.38 Å². The van der Waals surface area contributed by atoms with E-state index < -0.39 is 50.9 Å². The standard InChI is InChI=1S/C11H15N5O9S3.Na/c1-24-15-7(5-4-26-11(12)13-5)9(17)14-8-6(3-25-27(2,19)20)16(10(8)18)28(21,22)23;/h4,6,8H,3H2,1-2H3,(H2,12,13)(H,14,17)(H,21,22,23);/q;+1/p-1/t6-,8+;/m0./s1. The van der Waals surface area contributed by atoms with Crippen LogP contribution in [0.4, 0.5) is 5.13 Å². The number of nitrogens with two attached hydrogens (primary N) is 1. The summed E-state index contributed by atoms with van der Waals surface area (Å²) in [4.78, 5) is 32.9. The molecule has 0 saturated carbocycles. The third-order valence-electron chi connectivity index (χ3n) is 3.31. The maximum atomic E-state index is 12.4. The molecule has 2 rings (SSSR count). The van der Waals surface area contributed by atoms with Gasteiger partial charge in [-0.3, -0.25) is 13.8 Å². The number of anilines is 1. The predicted octanol–water partition coefficient (Wildman–Crippen LogP) is -5.79. The number of carbonyl (C=O) groups is 2. The first-order valence-electron chi connectivity index (χ1n) is 7.12. The molecule has 3 N–H and O–H groups in total. The second-order valence-electron chi connectivity index (χ2n) is 5.29. The Kier molecular flexibility index (Phi) is 8.55. The quantitative estimate of drug-likeness (QED) is 0.0895. The first-order chi connectivity index (χ1) is 12.8. The van der Waals surface area contributed by atoms with Gasteiger partial charge in [-0.15, -0.1) is 11.3 Å². The van der Waals surface area contributed by atoms with Gasteiger partial charge in [-0.2, -0.15) is 8.42 Å². The number of rotatable bonds is 8. The minimum atomic E-state index is -5.25. The molecule has 0 bridgehead atoms. The maximum Gasteiger partial charge on any atom is 1.00 e. The Bertz CT molecular complexity index is 1020. The Balaban J connectivity index is 0.00000420. The van der Waals surface area contributed by atoms with Crippen molar-refractivity contribution in [2.24, 2.45) is 5.16 Å². The van der Waals surface area contributed by atoms with Crippen molar-refractivity contribution >= 4 is 54.4 Å². The Morgan fingerprint density at radius 2 is 2.07 bits per heavy atom. The SMILES string of the molecule is CON=C(C(=O)N[C@H]1C(=O)N(S(=O)(=O)[O-])[C@H]1COS(C)(=O)=O)c1csc(N)n1.[Na+]. The molecule has 0 aromatic carbocycles. The zero-order chi connectivity index (χ0) is 21.3. The number of nitrogens with zero attached hydrogens (tertiary/aromatic N) is 3. The number of nitrogen functional groups attached to an aromatic ring is 1. The van der Waals surface area contributed by atoms with E-state index in [-0.39, 0.29) is 50.4 Å². The number of oxime groups is 1. The van der Waals surface area contributed by atoms with Crippen LogP contribution in [0.5, 0.6) is 0 Å². The minimum Gasteiger partial charge on any atom is -0.731 e. The summed E-state index contributed by atoms with van der Waals surface area (Å²) in [6.45, 7) is -0.864. The second kappa shape index (κ2) is 9.65. The molecule has 1 aliphatic heterocycles. The number of carbonyl (C=O) groups excluding carboxylic acids is 2. The van der Waals surface area contributed by atoms with Gasteiger partial charge in [0.15, 0.2) is 21.1 Å². The Morgan fingerprint density at radius 3 is 2.52 bits per heavy atom. The molecule has 2 atom stereocenters. The van der Waals surface area contributed by atoms with Gasteiger partial charge in [-0.1, -0.05) is 5.16 Å². The van der Waals surface area contributed by atoms with Gasteiger partial charge >= 0.3 is 29.6 Å². The molecule has 18 heteroatoms. The molecule has 1 fully saturated rings. The average molecular weight is 479 g/mol. The minimum absolute atomic E-state index is 0. The predicted molar refractivity (Wildman–Crippen MR) is 93.1 cm³/mol. The molecule has 0 radical (unpaired) electrons. The van der Waals surface area contributed by atoms with Crippen LogP contribution in [0.3, 0.4) is 0 Å². The van der Waals surface area contributed by atoms with E-state index in [9.17, 15) is 31.0 Å². The molecule has 2 heterocycles. The Morgan fingerprint density at radius 1 is 1.45 bits per heavy atom. The van der Waals surface area contributed by atoms with Crippen molar-refractivity contribution in [2.75, 3.05) is 25.7 Å². The van der Waals surface area contributed by atoms with Gasteiger partial charge < -0.3 is 20.4 Å². The summed E-state index contributed by atoms with van der Waals surface area (Å²) in [5.74, 6) is -2.27. The molecule has 2 amide bonds. The molecule has 0 unspecified atom stereocenters. The first kappa shape index (κ1) is 25.7. The molecule has 1 aliphatic rings. The summed E-state index contributed by atoms with van der Waals surface area (Å²) in [7, 11) is -8.12. The molecule has 156 valence electrons. The molecule has 1 aromatic heterocycles. The van der Waals surface area contributed by atoms with Crippen LogP contribution in [0.15, 0.2) is 10.5 Å². The largest absolute Gasteiger partial charge is 1.00 e. The number of hydrogen-bond donors (Lipinski definition) is 2. The topological polar surface area (TPSA) is 210 Å². The zero-order valence-electron chi connectivity index (χ0n) is 15.3. The van der Waals surface area contributed by atoms with E-state index in [1.807, 2.05) is 0 Å². The molecular weight excluding hydrogens is 465 g/mol. The molecule has 1 saturated heterocycles. The molecule has 1 aromatic rings. The first-order valence-corrected chi connectivity index (χ1v) is 11.2. The monoisotopic (exact) mass is 479 g/mol. The normalized spacial score (nSPS) is 19.9. The fourth-order valence-electron chi connectivity index (χ4n) is 2.21. The van der Waals surface area contributed by atoms with Crippen LogP contribution in [-0.4, -0.2) is 80.3 Å². The fraction of sp³-hybridized carbons (Fsp3) is 0.455. The number of amides is 2. The third kappa shape index (κ3) is 6.32. The van der Waals surface area contributed by atoms with Crippen LogP contribution in [0.1, 0.15) is 5.69 Å². The van der Waals surface area contributed by atoms with Gasteiger partial charge in [0.1, 0.15) is 24.9 Å². The third-order valence-corrected chi connectivity index (χ3v) is 5.48. The van der Waals surface area contributed by atoms with Gasteiger partial charge in [0.05, 0.1) is 12.9 Å². The van der Waals surface area contributed by atoms with Crippen molar-refractivity contribution in [3.8, 4) is 0 Å². The van der Waals surface area contributed by atoms with E-state index in [0.29, 0.717) is 6.26 Å². The van der Waals surface area contributed by atoms with Crippen molar-refractivity contribution in [2.45, 2.75) is 12.1 Å². The molecule has 29 heavy (non-hydrogen) atoms. The van der Waals surface area contributed by atoms with Crippen LogP contribution >= 0.6 is 11.3 Å². The number of hydrogen-bond acceptors (Lipinski definition) is 13. The molecular formula is C11H14N5NaO9S3. The average Bonchev–Trinajstić information content (AvgIpc) is 2.97. The van der Waals surface area contributed by atoms with Gasteiger partial charge in [0.2, 0.25) is 0 Å². The molecule has 0 aliphatic carbocycles. The van der Waals surface area contributed by atoms with Gasteiger partial charge in [0.25, 0.3) is 21.9 Å². The number of β-lactam (4-membered cyclic amide) rings is 1. The molecule has 0 spiro atoms. The number of aromatic nitrogens is 1. The smallest absolute Gasteiger partial charge is 0.731 e. The van der Waals surface area contributed by atoms with Crippen LogP contribution in [0, 0.1) is 0 Å². The number of nitrogens with one attached hydrogen (secondary N) is 1. The number of thiazole rings is 1. The van der Waals surface area contributed by atoms with Crippen molar-refractivity contribution in [3.05, 3.63) is 11.1 Å². The van der Waals surface area contributed by atoms with E-state index in [4.69, 9.17) is 5.73 Å². The van der Waals surface area contributed by atoms with E-state index in [1.54, 1.807) is 0 Å². The summed E-state index contributed by atoms with van der Waals surface area (Å²) < 4.78 is 60.2. The van der Waals surface area contributed by atoms with Gasteiger partial charge in [-0.05, 0) is 0 Å². The Labute approximate surface area is 191 Å². The summed E-state index contributed by atoms with van der Waals surface area (Å²) >= 11 is 0.998. The van der Waals surface area contributed by atoms with Crippen LogP contribution in [-0.2, 0) is 39.0 Å². The van der Waals surface area contributed by atoms with E-state index >= 15 is 0 Å². The van der Waals surface area contributed by atoms with Crippen molar-refractivity contribution in [1.29, 1.82) is 0 Å². The van der Waals surface area contributed by atoms with Crippen molar-refractivity contribution in [1.82, 2.24) is 14.6 Å². The summed E-state index contributed by atoms with van der Waals surface area (Å²) in [6.07, 6.45) is 0.688. The van der Waals surface area contributed by atoms with Gasteiger partial charge in [-0.25, -0.2) is 17.7 Å². The fourth-order valence-corrected chi connectivity index (χ4v) is 3.99. The van der Waals surface area contributed by atoms with E-state index in [2.05, 4.69) is 24.5 Å². The second-order valence-corrected chi connectivity index (χ2v) is 9.07. The van der Waals surface area contributed by atoms with E-state index in [1.165, 1.54) is 5.38 Å². The zero-order valence-corrected chi connectivity index (χ0v) is 19.7. The van der Waals surface area contributed by atoms with Crippen molar-refractivity contribution < 1.29 is 69.6 Å². The van der Waals surface area contributed by atoms with Crippen LogP contribution < -0.4 is 40.6 Å². The summed E-state index contributed by atoms with van der Waals surface area (Å²) in [6, 6.07) is -3.13. The van der Waals surface area contributed by atoms with Crippen molar-refractivity contribution in [3.63, 3.8) is 0 Å². The Hall–Kier alpha value is -1.34. The van der Waals surface area contributed by atoms with E-state index in [0.717, 1.165) is 18.4 Å². The maximum absolute atomic E-state index is 12.4.